The van der Waals surface area contributed by atoms with Crippen molar-refractivity contribution in [3.05, 3.63) is 28.2 Å². The zero-order valence-corrected chi connectivity index (χ0v) is 10.1. The lowest BCUT2D eigenvalue weighted by Crippen LogP contribution is -2.27. The highest BCUT2D eigenvalue weighted by molar-refractivity contribution is 9.10. The van der Waals surface area contributed by atoms with E-state index in [1.54, 1.807) is 14.1 Å². The highest BCUT2D eigenvalue weighted by Crippen LogP contribution is 2.19. The van der Waals surface area contributed by atoms with Crippen molar-refractivity contribution in [3.8, 4) is 0 Å². The van der Waals surface area contributed by atoms with Gasteiger partial charge >= 0.3 is 6.03 Å². The molecule has 0 aliphatic carbocycles. The minimum Gasteiger partial charge on any atom is -0.331 e. The number of rotatable bonds is 1. The summed E-state index contributed by atoms with van der Waals surface area (Å²) in [6, 6.07) is 5.66. The Kier molecular flexibility index (Phi) is 3.52. The first-order valence-electron chi connectivity index (χ1n) is 4.24. The van der Waals surface area contributed by atoms with E-state index in [1.807, 2.05) is 25.1 Å². The van der Waals surface area contributed by atoms with Crippen molar-refractivity contribution < 1.29 is 4.79 Å². The SMILES string of the molecule is Cc1cc(Br)cc(NC(=O)N(C)C)c1. The number of nitrogens with one attached hydrogen (secondary N) is 1. The molecular weight excluding hydrogens is 244 g/mol. The Morgan fingerprint density at radius 1 is 1.36 bits per heavy atom. The van der Waals surface area contributed by atoms with Crippen LogP contribution in [0.25, 0.3) is 0 Å². The number of urea groups is 1. The van der Waals surface area contributed by atoms with Gasteiger partial charge in [0.25, 0.3) is 0 Å². The lowest BCUT2D eigenvalue weighted by atomic mass is 10.2. The molecule has 4 heteroatoms. The predicted octanol–water partition coefficient (Wildman–Crippen LogP) is 2.85. The molecule has 0 saturated carbocycles. The molecule has 1 aromatic rings. The van der Waals surface area contributed by atoms with Crippen LogP contribution in [-0.4, -0.2) is 25.0 Å². The van der Waals surface area contributed by atoms with Gasteiger partial charge in [0.2, 0.25) is 0 Å². The summed E-state index contributed by atoms with van der Waals surface area (Å²) in [6.45, 7) is 1.98. The van der Waals surface area contributed by atoms with Crippen molar-refractivity contribution in [2.75, 3.05) is 19.4 Å². The molecule has 0 bridgehead atoms. The molecule has 1 rings (SSSR count). The van der Waals surface area contributed by atoms with Crippen LogP contribution in [0.1, 0.15) is 5.56 Å². The Morgan fingerprint density at radius 2 is 2.00 bits per heavy atom. The van der Waals surface area contributed by atoms with Gasteiger partial charge in [0, 0.05) is 24.3 Å². The third-order valence-electron chi connectivity index (χ3n) is 1.70. The lowest BCUT2D eigenvalue weighted by molar-refractivity contribution is 0.230. The molecule has 0 atom stereocenters. The molecular formula is C10H13BrN2O. The van der Waals surface area contributed by atoms with Gasteiger partial charge in [0.1, 0.15) is 0 Å². The number of amides is 2. The van der Waals surface area contributed by atoms with Crippen molar-refractivity contribution in [1.82, 2.24) is 4.90 Å². The second-order valence-corrected chi connectivity index (χ2v) is 4.26. The lowest BCUT2D eigenvalue weighted by Gasteiger charge is -2.12. The first-order chi connectivity index (χ1) is 6.49. The monoisotopic (exact) mass is 256 g/mol. The van der Waals surface area contributed by atoms with Crippen LogP contribution in [0.2, 0.25) is 0 Å². The number of carbonyl (C=O) groups is 1. The Morgan fingerprint density at radius 3 is 2.50 bits per heavy atom. The van der Waals surface area contributed by atoms with E-state index in [0.717, 1.165) is 15.7 Å². The molecule has 0 aromatic heterocycles. The molecule has 0 radical (unpaired) electrons. The summed E-state index contributed by atoms with van der Waals surface area (Å²) < 4.78 is 0.964. The number of aryl methyl sites for hydroxylation is 1. The van der Waals surface area contributed by atoms with Crippen LogP contribution >= 0.6 is 15.9 Å². The van der Waals surface area contributed by atoms with Crippen LogP contribution < -0.4 is 5.32 Å². The molecule has 0 unspecified atom stereocenters. The van der Waals surface area contributed by atoms with E-state index in [1.165, 1.54) is 4.90 Å². The van der Waals surface area contributed by atoms with Gasteiger partial charge in [0.05, 0.1) is 0 Å². The minimum absolute atomic E-state index is 0.123. The predicted molar refractivity (Wildman–Crippen MR) is 61.6 cm³/mol. The fourth-order valence-electron chi connectivity index (χ4n) is 1.04. The zero-order chi connectivity index (χ0) is 10.7. The molecule has 14 heavy (non-hydrogen) atoms. The molecule has 0 fully saturated rings. The molecule has 0 saturated heterocycles. The summed E-state index contributed by atoms with van der Waals surface area (Å²) in [5, 5.41) is 2.78. The maximum Gasteiger partial charge on any atom is 0.321 e. The number of nitrogens with zero attached hydrogens (tertiary/aromatic N) is 1. The third kappa shape index (κ3) is 3.03. The van der Waals surface area contributed by atoms with Crippen LogP contribution in [0.15, 0.2) is 22.7 Å². The van der Waals surface area contributed by atoms with E-state index in [0.29, 0.717) is 0 Å². The average Bonchev–Trinajstić information content (AvgIpc) is 2.01. The zero-order valence-electron chi connectivity index (χ0n) is 8.47. The normalized spacial score (nSPS) is 9.71. The molecule has 2 amide bonds. The van der Waals surface area contributed by atoms with Crippen molar-refractivity contribution in [2.45, 2.75) is 6.92 Å². The summed E-state index contributed by atoms with van der Waals surface area (Å²) in [7, 11) is 3.42. The van der Waals surface area contributed by atoms with Gasteiger partial charge in [-0.05, 0) is 30.7 Å². The van der Waals surface area contributed by atoms with Crippen LogP contribution in [0.5, 0.6) is 0 Å². The van der Waals surface area contributed by atoms with Crippen molar-refractivity contribution >= 4 is 27.6 Å². The molecule has 3 nitrogen and oxygen atoms in total. The van der Waals surface area contributed by atoms with Gasteiger partial charge < -0.3 is 10.2 Å². The summed E-state index contributed by atoms with van der Waals surface area (Å²) in [6.07, 6.45) is 0. The maximum atomic E-state index is 11.3. The van der Waals surface area contributed by atoms with Gasteiger partial charge in [-0.2, -0.15) is 0 Å². The fourth-order valence-corrected chi connectivity index (χ4v) is 1.65. The third-order valence-corrected chi connectivity index (χ3v) is 2.16. The highest BCUT2D eigenvalue weighted by Gasteiger charge is 2.04. The highest BCUT2D eigenvalue weighted by atomic mass is 79.9. The molecule has 1 N–H and O–H groups in total. The quantitative estimate of drug-likeness (QED) is 0.824. The van der Waals surface area contributed by atoms with Gasteiger partial charge in [-0.25, -0.2) is 4.79 Å². The number of carbonyl (C=O) groups excluding carboxylic acids is 1. The summed E-state index contributed by atoms with van der Waals surface area (Å²) >= 11 is 3.38. The molecule has 0 aliphatic rings. The second-order valence-electron chi connectivity index (χ2n) is 3.34. The van der Waals surface area contributed by atoms with E-state index >= 15 is 0 Å². The van der Waals surface area contributed by atoms with Crippen molar-refractivity contribution in [2.24, 2.45) is 0 Å². The molecule has 0 heterocycles. The largest absolute Gasteiger partial charge is 0.331 e. The van der Waals surface area contributed by atoms with E-state index in [4.69, 9.17) is 0 Å². The van der Waals surface area contributed by atoms with Crippen LogP contribution in [0.4, 0.5) is 10.5 Å². The first kappa shape index (κ1) is 11.0. The van der Waals surface area contributed by atoms with Gasteiger partial charge in [-0.3, -0.25) is 0 Å². The Labute approximate surface area is 92.2 Å². The van der Waals surface area contributed by atoms with Gasteiger partial charge in [-0.1, -0.05) is 15.9 Å². The maximum absolute atomic E-state index is 11.3. The van der Waals surface area contributed by atoms with Crippen LogP contribution in [0, 0.1) is 6.92 Å². The number of hydrogen-bond acceptors (Lipinski definition) is 1. The van der Waals surface area contributed by atoms with E-state index in [-0.39, 0.29) is 6.03 Å². The first-order valence-corrected chi connectivity index (χ1v) is 5.04. The average molecular weight is 257 g/mol. The molecule has 1 aromatic carbocycles. The smallest absolute Gasteiger partial charge is 0.321 e. The second kappa shape index (κ2) is 4.46. The molecule has 0 spiro atoms. The Bertz CT molecular complexity index is 330. The minimum atomic E-state index is -0.123. The number of hydrogen-bond donors (Lipinski definition) is 1. The fraction of sp³-hybridized carbons (Fsp3) is 0.300. The standard InChI is InChI=1S/C10H13BrN2O/c1-7-4-8(11)6-9(5-7)12-10(14)13(2)3/h4-6H,1-3H3,(H,12,14). The summed E-state index contributed by atoms with van der Waals surface area (Å²) in [5.74, 6) is 0. The molecule has 76 valence electrons. The Balaban J connectivity index is 2.82. The van der Waals surface area contributed by atoms with Crippen molar-refractivity contribution in [1.29, 1.82) is 0 Å². The number of halogens is 1. The topological polar surface area (TPSA) is 32.3 Å². The van der Waals surface area contributed by atoms with E-state index in [2.05, 4.69) is 21.2 Å². The summed E-state index contributed by atoms with van der Waals surface area (Å²) in [5.41, 5.74) is 1.91. The van der Waals surface area contributed by atoms with Crippen LogP contribution in [-0.2, 0) is 0 Å². The number of benzene rings is 1. The van der Waals surface area contributed by atoms with E-state index < -0.39 is 0 Å². The Hall–Kier alpha value is -1.03. The van der Waals surface area contributed by atoms with Crippen LogP contribution in [0.3, 0.4) is 0 Å². The molecule has 0 aliphatic heterocycles. The number of anilines is 1. The van der Waals surface area contributed by atoms with E-state index in [9.17, 15) is 4.79 Å². The van der Waals surface area contributed by atoms with Gasteiger partial charge in [-0.15, -0.1) is 0 Å². The summed E-state index contributed by atoms with van der Waals surface area (Å²) in [4.78, 5) is 12.8. The van der Waals surface area contributed by atoms with Gasteiger partial charge in [0.15, 0.2) is 0 Å². The van der Waals surface area contributed by atoms with Crippen molar-refractivity contribution in [3.63, 3.8) is 0 Å².